The molecule has 1 N–H and O–H groups in total. The maximum Gasteiger partial charge on any atom is 0.321 e. The second kappa shape index (κ2) is 9.38. The van der Waals surface area contributed by atoms with E-state index in [9.17, 15) is 9.59 Å². The third kappa shape index (κ3) is 4.82. The Kier molecular flexibility index (Phi) is 6.41. The number of amides is 3. The van der Waals surface area contributed by atoms with Gasteiger partial charge in [-0.25, -0.2) is 9.78 Å². The van der Waals surface area contributed by atoms with Gasteiger partial charge in [0.05, 0.1) is 20.3 Å². The summed E-state index contributed by atoms with van der Waals surface area (Å²) >= 11 is 0. The van der Waals surface area contributed by atoms with E-state index in [-0.39, 0.29) is 17.9 Å². The Morgan fingerprint density at radius 2 is 1.74 bits per heavy atom. The Morgan fingerprint density at radius 3 is 2.39 bits per heavy atom. The minimum Gasteiger partial charge on any atom is -0.497 e. The summed E-state index contributed by atoms with van der Waals surface area (Å²) in [6, 6.07) is 7.11. The van der Waals surface area contributed by atoms with Crippen molar-refractivity contribution in [3.8, 4) is 5.75 Å². The first-order chi connectivity index (χ1) is 15.0. The molecule has 2 aliphatic rings. The number of nitrogens with one attached hydrogen (secondary N) is 1. The first-order valence-corrected chi connectivity index (χ1v) is 10.6. The number of methoxy groups -OCH3 is 1. The second-order valence-corrected chi connectivity index (χ2v) is 7.78. The average molecular weight is 428 g/mol. The van der Waals surface area contributed by atoms with Crippen molar-refractivity contribution in [2.24, 2.45) is 0 Å². The molecule has 0 spiro atoms. The van der Waals surface area contributed by atoms with Crippen molar-refractivity contribution < 1.29 is 23.5 Å². The molecule has 0 aliphatic carbocycles. The number of urea groups is 1. The van der Waals surface area contributed by atoms with Crippen LogP contribution >= 0.6 is 0 Å². The number of ether oxygens (including phenoxy) is 2. The Bertz CT molecular complexity index is 912. The molecule has 166 valence electrons. The molecule has 4 rings (SSSR count). The third-order valence-electron chi connectivity index (χ3n) is 5.79. The minimum absolute atomic E-state index is 0.0926. The van der Waals surface area contributed by atoms with Crippen molar-refractivity contribution in [3.05, 3.63) is 41.6 Å². The van der Waals surface area contributed by atoms with E-state index >= 15 is 0 Å². The lowest BCUT2D eigenvalue weighted by Gasteiger charge is -2.30. The molecule has 9 heteroatoms. The van der Waals surface area contributed by atoms with Gasteiger partial charge in [0.1, 0.15) is 11.5 Å². The van der Waals surface area contributed by atoms with Crippen LogP contribution in [0.3, 0.4) is 0 Å². The number of piperidine rings is 1. The number of rotatable bonds is 4. The summed E-state index contributed by atoms with van der Waals surface area (Å²) in [5.74, 6) is 1.86. The molecule has 0 radical (unpaired) electrons. The summed E-state index contributed by atoms with van der Waals surface area (Å²) < 4.78 is 16.3. The number of anilines is 1. The maximum absolute atomic E-state index is 12.8. The van der Waals surface area contributed by atoms with E-state index in [1.807, 2.05) is 24.3 Å². The van der Waals surface area contributed by atoms with E-state index in [1.165, 1.54) is 0 Å². The zero-order valence-corrected chi connectivity index (χ0v) is 17.9. The molecule has 3 amide bonds. The molecular formula is C22H28N4O5. The van der Waals surface area contributed by atoms with Crippen LogP contribution in [0.4, 0.5) is 10.5 Å². The predicted octanol–water partition coefficient (Wildman–Crippen LogP) is 2.88. The second-order valence-electron chi connectivity index (χ2n) is 7.78. The lowest BCUT2D eigenvalue weighted by atomic mass is 9.97. The van der Waals surface area contributed by atoms with E-state index in [2.05, 4.69) is 10.3 Å². The first kappa shape index (κ1) is 21.2. The largest absolute Gasteiger partial charge is 0.497 e. The van der Waals surface area contributed by atoms with Crippen molar-refractivity contribution in [2.45, 2.75) is 25.7 Å². The van der Waals surface area contributed by atoms with E-state index in [0.717, 1.165) is 24.3 Å². The van der Waals surface area contributed by atoms with Crippen LogP contribution in [0, 0.1) is 6.92 Å². The Morgan fingerprint density at radius 1 is 1.06 bits per heavy atom. The van der Waals surface area contributed by atoms with Gasteiger partial charge in [0, 0.05) is 37.8 Å². The van der Waals surface area contributed by atoms with Gasteiger partial charge in [0.15, 0.2) is 11.6 Å². The number of nitrogens with zero attached hydrogens (tertiary/aromatic N) is 3. The number of likely N-dealkylation sites (tertiary alicyclic amines) is 1. The number of aryl methyl sites for hydroxylation is 1. The van der Waals surface area contributed by atoms with Gasteiger partial charge in [-0.05, 0) is 44.0 Å². The Labute approximate surface area is 181 Å². The number of carbonyl (C=O) groups is 2. The van der Waals surface area contributed by atoms with Crippen LogP contribution in [0.25, 0.3) is 0 Å². The van der Waals surface area contributed by atoms with E-state index in [4.69, 9.17) is 13.9 Å². The quantitative estimate of drug-likeness (QED) is 0.804. The van der Waals surface area contributed by atoms with Crippen LogP contribution in [-0.4, -0.2) is 73.2 Å². The summed E-state index contributed by atoms with van der Waals surface area (Å²) in [4.78, 5) is 33.4. The van der Waals surface area contributed by atoms with Crippen molar-refractivity contribution in [2.75, 3.05) is 51.8 Å². The molecule has 2 saturated heterocycles. The van der Waals surface area contributed by atoms with Crippen LogP contribution in [0.15, 0.2) is 28.7 Å². The van der Waals surface area contributed by atoms with Crippen LogP contribution in [-0.2, 0) is 4.74 Å². The first-order valence-electron chi connectivity index (χ1n) is 10.6. The highest BCUT2D eigenvalue weighted by atomic mass is 16.5. The van der Waals surface area contributed by atoms with Gasteiger partial charge in [-0.15, -0.1) is 0 Å². The van der Waals surface area contributed by atoms with Gasteiger partial charge in [0.25, 0.3) is 5.91 Å². The molecule has 3 heterocycles. The predicted molar refractivity (Wildman–Crippen MR) is 114 cm³/mol. The minimum atomic E-state index is -0.129. The summed E-state index contributed by atoms with van der Waals surface area (Å²) in [7, 11) is 1.61. The molecule has 9 nitrogen and oxygen atoms in total. The number of hydrogen-bond donors (Lipinski definition) is 1. The fourth-order valence-electron chi connectivity index (χ4n) is 3.91. The van der Waals surface area contributed by atoms with Gasteiger partial charge < -0.3 is 29.0 Å². The smallest absolute Gasteiger partial charge is 0.321 e. The molecule has 0 unspecified atom stereocenters. The van der Waals surface area contributed by atoms with Gasteiger partial charge in [0.2, 0.25) is 0 Å². The van der Waals surface area contributed by atoms with Crippen LogP contribution in [0.5, 0.6) is 5.75 Å². The van der Waals surface area contributed by atoms with Crippen LogP contribution in [0.2, 0.25) is 0 Å². The summed E-state index contributed by atoms with van der Waals surface area (Å²) in [6.07, 6.45) is 1.47. The average Bonchev–Trinajstić information content (AvgIpc) is 3.21. The molecule has 2 fully saturated rings. The van der Waals surface area contributed by atoms with Crippen molar-refractivity contribution in [3.63, 3.8) is 0 Å². The highest BCUT2D eigenvalue weighted by Crippen LogP contribution is 2.29. The van der Waals surface area contributed by atoms with Crippen LogP contribution < -0.4 is 10.1 Å². The highest BCUT2D eigenvalue weighted by Gasteiger charge is 2.30. The molecule has 1 aromatic heterocycles. The third-order valence-corrected chi connectivity index (χ3v) is 5.79. The van der Waals surface area contributed by atoms with E-state index < -0.39 is 0 Å². The van der Waals surface area contributed by atoms with E-state index in [1.54, 1.807) is 23.8 Å². The lowest BCUT2D eigenvalue weighted by molar-refractivity contribution is 0.0298. The SMILES string of the molecule is COc1ccc(NC(=O)N2CCC(c3nc(C(=O)N4CCOCC4)c(C)o3)CC2)cc1. The zero-order chi connectivity index (χ0) is 21.8. The number of hydrogen-bond acceptors (Lipinski definition) is 6. The van der Waals surface area contributed by atoms with Gasteiger partial charge >= 0.3 is 6.03 Å². The Balaban J connectivity index is 1.33. The van der Waals surface area contributed by atoms with Gasteiger partial charge in [-0.2, -0.15) is 0 Å². The number of aromatic nitrogens is 1. The molecular weight excluding hydrogens is 400 g/mol. The number of oxazole rings is 1. The van der Waals surface area contributed by atoms with Crippen LogP contribution in [0.1, 0.15) is 40.9 Å². The van der Waals surface area contributed by atoms with Crippen molar-refractivity contribution in [1.82, 2.24) is 14.8 Å². The van der Waals surface area contributed by atoms with E-state index in [0.29, 0.717) is 56.7 Å². The zero-order valence-electron chi connectivity index (χ0n) is 17.9. The standard InChI is InChI=1S/C22H28N4O5/c1-15-19(21(27)25-11-13-30-14-12-25)24-20(31-15)16-7-9-26(10-8-16)22(28)23-17-3-5-18(29-2)6-4-17/h3-6,16H,7-14H2,1-2H3,(H,23,28). The summed E-state index contributed by atoms with van der Waals surface area (Å²) in [6.45, 7) is 5.21. The number of carbonyl (C=O) groups excluding carboxylic acids is 2. The van der Waals surface area contributed by atoms with Crippen molar-refractivity contribution in [1.29, 1.82) is 0 Å². The maximum atomic E-state index is 12.8. The lowest BCUT2D eigenvalue weighted by Crippen LogP contribution is -2.41. The van der Waals surface area contributed by atoms with Crippen molar-refractivity contribution >= 4 is 17.6 Å². The number of benzene rings is 1. The Hall–Kier alpha value is -3.07. The number of morpholine rings is 1. The molecule has 2 aliphatic heterocycles. The monoisotopic (exact) mass is 428 g/mol. The topological polar surface area (TPSA) is 97.1 Å². The molecule has 0 saturated carbocycles. The summed E-state index contributed by atoms with van der Waals surface area (Å²) in [5.41, 5.74) is 1.11. The molecule has 0 bridgehead atoms. The fourth-order valence-corrected chi connectivity index (χ4v) is 3.91. The highest BCUT2D eigenvalue weighted by molar-refractivity contribution is 5.93. The molecule has 1 aromatic carbocycles. The normalized spacial score (nSPS) is 17.5. The fraction of sp³-hybridized carbons (Fsp3) is 0.500. The molecule has 2 aromatic rings. The molecule has 31 heavy (non-hydrogen) atoms. The van der Waals surface area contributed by atoms with Gasteiger partial charge in [-0.3, -0.25) is 4.79 Å². The molecule has 0 atom stereocenters. The van der Waals surface area contributed by atoms with Gasteiger partial charge in [-0.1, -0.05) is 0 Å². The summed E-state index contributed by atoms with van der Waals surface area (Å²) in [5, 5.41) is 2.91.